The lowest BCUT2D eigenvalue weighted by Crippen LogP contribution is -2.42. The molecule has 1 N–H and O–H groups in total. The summed E-state index contributed by atoms with van der Waals surface area (Å²) >= 11 is 0. The summed E-state index contributed by atoms with van der Waals surface area (Å²) in [6.07, 6.45) is 1.62. The van der Waals surface area contributed by atoms with Crippen molar-refractivity contribution in [2.75, 3.05) is 0 Å². The molecular formula is C12H21N3O2. The fourth-order valence-electron chi connectivity index (χ4n) is 1.58. The Labute approximate surface area is 102 Å². The standard InChI is InChI=1S/C12H21N3O2/c1-5-9(11(17)8(2)3)13-10(16)6-7-12(4)14-15-12/h8-9H,5-7H2,1-4H3,(H,13,16). The minimum absolute atomic E-state index is 0.0498. The van der Waals surface area contributed by atoms with Gasteiger partial charge in [0.25, 0.3) is 0 Å². The molecule has 0 saturated heterocycles. The molecule has 0 radical (unpaired) electrons. The average Bonchev–Trinajstić information content (AvgIpc) is 3.01. The first-order chi connectivity index (χ1) is 7.88. The van der Waals surface area contributed by atoms with Gasteiger partial charge in [-0.3, -0.25) is 9.59 Å². The van der Waals surface area contributed by atoms with Gasteiger partial charge in [0.05, 0.1) is 6.04 Å². The zero-order valence-electron chi connectivity index (χ0n) is 11.0. The highest BCUT2D eigenvalue weighted by Gasteiger charge is 2.34. The minimum Gasteiger partial charge on any atom is -0.346 e. The van der Waals surface area contributed by atoms with Crippen molar-refractivity contribution in [2.24, 2.45) is 16.1 Å². The first kappa shape index (κ1) is 13.8. The lowest BCUT2D eigenvalue weighted by atomic mass is 9.99. The van der Waals surface area contributed by atoms with Crippen molar-refractivity contribution < 1.29 is 9.59 Å². The van der Waals surface area contributed by atoms with Gasteiger partial charge in [-0.1, -0.05) is 20.8 Å². The second-order valence-electron chi connectivity index (χ2n) is 5.00. The van der Waals surface area contributed by atoms with Crippen LogP contribution in [0.2, 0.25) is 0 Å². The summed E-state index contributed by atoms with van der Waals surface area (Å²) in [4.78, 5) is 23.4. The van der Waals surface area contributed by atoms with Gasteiger partial charge < -0.3 is 5.32 Å². The normalized spacial score (nSPS) is 17.9. The minimum atomic E-state index is -0.358. The molecule has 0 bridgehead atoms. The molecule has 1 aliphatic heterocycles. The number of rotatable bonds is 7. The maximum Gasteiger partial charge on any atom is 0.220 e. The maximum atomic E-state index is 11.8. The van der Waals surface area contributed by atoms with Gasteiger partial charge in [-0.25, -0.2) is 0 Å². The highest BCUT2D eigenvalue weighted by atomic mass is 16.2. The Morgan fingerprint density at radius 2 is 1.88 bits per heavy atom. The van der Waals surface area contributed by atoms with Crippen LogP contribution in [0.25, 0.3) is 0 Å². The van der Waals surface area contributed by atoms with Gasteiger partial charge in [-0.15, -0.1) is 0 Å². The number of hydrogen-bond donors (Lipinski definition) is 1. The van der Waals surface area contributed by atoms with Crippen LogP contribution in [0.15, 0.2) is 10.2 Å². The number of carbonyl (C=O) groups excluding carboxylic acids is 2. The summed E-state index contributed by atoms with van der Waals surface area (Å²) in [7, 11) is 0. The van der Waals surface area contributed by atoms with Crippen LogP contribution < -0.4 is 5.32 Å². The van der Waals surface area contributed by atoms with Crippen LogP contribution in [0.4, 0.5) is 0 Å². The third kappa shape index (κ3) is 4.24. The number of nitrogens with one attached hydrogen (secondary N) is 1. The Bertz CT molecular complexity index is 331. The number of nitrogens with zero attached hydrogens (tertiary/aromatic N) is 2. The molecule has 0 fully saturated rings. The van der Waals surface area contributed by atoms with E-state index in [1.165, 1.54) is 0 Å². The third-order valence-corrected chi connectivity index (χ3v) is 2.92. The average molecular weight is 239 g/mol. The van der Waals surface area contributed by atoms with Gasteiger partial charge in [0.1, 0.15) is 0 Å². The lowest BCUT2D eigenvalue weighted by Gasteiger charge is -2.18. The molecule has 1 rings (SSSR count). The Morgan fingerprint density at radius 1 is 1.29 bits per heavy atom. The van der Waals surface area contributed by atoms with E-state index >= 15 is 0 Å². The number of ketones is 1. The second-order valence-corrected chi connectivity index (χ2v) is 5.00. The Kier molecular flexibility index (Phi) is 4.37. The van der Waals surface area contributed by atoms with Crippen LogP contribution >= 0.6 is 0 Å². The van der Waals surface area contributed by atoms with E-state index in [0.29, 0.717) is 19.3 Å². The van der Waals surface area contributed by atoms with Gasteiger partial charge in [-0.2, -0.15) is 10.2 Å². The molecule has 17 heavy (non-hydrogen) atoms. The van der Waals surface area contributed by atoms with Gasteiger partial charge in [0.2, 0.25) is 5.91 Å². The van der Waals surface area contributed by atoms with Crippen LogP contribution in [-0.2, 0) is 9.59 Å². The zero-order valence-corrected chi connectivity index (χ0v) is 11.0. The van der Waals surface area contributed by atoms with Gasteiger partial charge in [0, 0.05) is 18.8 Å². The first-order valence-corrected chi connectivity index (χ1v) is 6.15. The fourth-order valence-corrected chi connectivity index (χ4v) is 1.58. The lowest BCUT2D eigenvalue weighted by molar-refractivity contribution is -0.129. The SMILES string of the molecule is CCC(NC(=O)CCC1(C)N=N1)C(=O)C(C)C. The van der Waals surface area contributed by atoms with Gasteiger partial charge in [-0.05, 0) is 13.3 Å². The van der Waals surface area contributed by atoms with Crippen molar-refractivity contribution in [3.63, 3.8) is 0 Å². The van der Waals surface area contributed by atoms with Gasteiger partial charge >= 0.3 is 0 Å². The highest BCUT2D eigenvalue weighted by molar-refractivity contribution is 5.90. The molecule has 0 aromatic heterocycles. The molecule has 0 aliphatic carbocycles. The zero-order chi connectivity index (χ0) is 13.1. The van der Waals surface area contributed by atoms with Crippen LogP contribution in [-0.4, -0.2) is 23.4 Å². The van der Waals surface area contributed by atoms with Crippen molar-refractivity contribution in [2.45, 2.75) is 58.7 Å². The summed E-state index contributed by atoms with van der Waals surface area (Å²) in [5, 5.41) is 10.5. The topological polar surface area (TPSA) is 70.9 Å². The Morgan fingerprint density at radius 3 is 2.29 bits per heavy atom. The summed E-state index contributed by atoms with van der Waals surface area (Å²) in [6.45, 7) is 7.48. The summed E-state index contributed by atoms with van der Waals surface area (Å²) in [6, 6.07) is -0.358. The molecule has 1 atom stereocenters. The monoisotopic (exact) mass is 239 g/mol. The van der Waals surface area contributed by atoms with E-state index in [4.69, 9.17) is 0 Å². The van der Waals surface area contributed by atoms with Crippen LogP contribution in [0.1, 0.15) is 47.0 Å². The van der Waals surface area contributed by atoms with Crippen molar-refractivity contribution >= 4 is 11.7 Å². The van der Waals surface area contributed by atoms with Crippen molar-refractivity contribution in [3.05, 3.63) is 0 Å². The van der Waals surface area contributed by atoms with Crippen LogP contribution in [0, 0.1) is 5.92 Å². The maximum absolute atomic E-state index is 11.8. The molecule has 1 unspecified atom stereocenters. The van der Waals surface area contributed by atoms with Crippen LogP contribution in [0.5, 0.6) is 0 Å². The summed E-state index contributed by atoms with van der Waals surface area (Å²) in [5.74, 6) is -0.0524. The van der Waals surface area contributed by atoms with Crippen molar-refractivity contribution in [1.82, 2.24) is 5.32 Å². The molecule has 5 nitrogen and oxygen atoms in total. The fraction of sp³-hybridized carbons (Fsp3) is 0.833. The van der Waals surface area contributed by atoms with E-state index < -0.39 is 0 Å². The van der Waals surface area contributed by atoms with E-state index in [-0.39, 0.29) is 29.3 Å². The number of hydrogen-bond acceptors (Lipinski definition) is 4. The summed E-state index contributed by atoms with van der Waals surface area (Å²) < 4.78 is 0. The molecule has 1 amide bonds. The van der Waals surface area contributed by atoms with Crippen molar-refractivity contribution in [1.29, 1.82) is 0 Å². The van der Waals surface area contributed by atoms with E-state index in [1.807, 2.05) is 27.7 Å². The highest BCUT2D eigenvalue weighted by Crippen LogP contribution is 2.31. The third-order valence-electron chi connectivity index (χ3n) is 2.92. The molecular weight excluding hydrogens is 218 g/mol. The number of carbonyl (C=O) groups is 2. The van der Waals surface area contributed by atoms with E-state index in [1.54, 1.807) is 0 Å². The quantitative estimate of drug-likeness (QED) is 0.738. The van der Waals surface area contributed by atoms with Gasteiger partial charge in [0.15, 0.2) is 11.4 Å². The predicted octanol–water partition coefficient (Wildman–Crippen LogP) is 2.07. The largest absolute Gasteiger partial charge is 0.346 e. The van der Waals surface area contributed by atoms with E-state index in [0.717, 1.165) is 0 Å². The molecule has 0 aromatic carbocycles. The Hall–Kier alpha value is -1.26. The van der Waals surface area contributed by atoms with E-state index in [9.17, 15) is 9.59 Å². The summed E-state index contributed by atoms with van der Waals surface area (Å²) in [5.41, 5.74) is -0.346. The molecule has 96 valence electrons. The number of Topliss-reactive ketones (excluding diaryl/α,β-unsaturated/α-hetero) is 1. The predicted molar refractivity (Wildman–Crippen MR) is 64.6 cm³/mol. The van der Waals surface area contributed by atoms with Crippen LogP contribution in [0.3, 0.4) is 0 Å². The molecule has 0 saturated carbocycles. The Balaban J connectivity index is 2.34. The first-order valence-electron chi connectivity index (χ1n) is 6.15. The van der Waals surface area contributed by atoms with E-state index in [2.05, 4.69) is 15.5 Å². The molecule has 1 aliphatic rings. The number of amides is 1. The molecule has 0 aromatic rings. The van der Waals surface area contributed by atoms with Crippen molar-refractivity contribution in [3.8, 4) is 0 Å². The molecule has 0 spiro atoms. The molecule has 1 heterocycles. The smallest absolute Gasteiger partial charge is 0.220 e. The second kappa shape index (κ2) is 5.38. The molecule has 5 heteroatoms.